The molecule has 2 atom stereocenters. The second-order valence-corrected chi connectivity index (χ2v) is 6.50. The van der Waals surface area contributed by atoms with Crippen LogP contribution in [0.3, 0.4) is 0 Å². The van der Waals surface area contributed by atoms with Crippen LogP contribution in [0, 0.1) is 11.6 Å². The van der Waals surface area contributed by atoms with Crippen LogP contribution < -0.4 is 11.1 Å². The van der Waals surface area contributed by atoms with Gasteiger partial charge in [0, 0.05) is 22.9 Å². The average molecular weight is 350 g/mol. The number of carbonyl (C=O) groups is 1. The van der Waals surface area contributed by atoms with E-state index >= 15 is 0 Å². The summed E-state index contributed by atoms with van der Waals surface area (Å²) in [6.45, 7) is 1.71. The summed E-state index contributed by atoms with van der Waals surface area (Å²) in [6, 6.07) is 9.50. The van der Waals surface area contributed by atoms with Crippen molar-refractivity contribution in [3.05, 3.63) is 65.2 Å². The van der Waals surface area contributed by atoms with Crippen LogP contribution in [0.4, 0.5) is 8.78 Å². The molecule has 0 aromatic heterocycles. The number of nitrogens with two attached hydrogens (primary N) is 1. The van der Waals surface area contributed by atoms with E-state index in [9.17, 15) is 13.6 Å². The zero-order valence-corrected chi connectivity index (χ0v) is 14.4. The van der Waals surface area contributed by atoms with E-state index in [1.807, 2.05) is 24.5 Å². The summed E-state index contributed by atoms with van der Waals surface area (Å²) in [5.74, 6) is -1.44. The lowest BCUT2D eigenvalue weighted by molar-refractivity contribution is -0.121. The molecule has 0 spiro atoms. The third kappa shape index (κ3) is 4.79. The second-order valence-electron chi connectivity index (χ2n) is 5.62. The predicted octanol–water partition coefficient (Wildman–Crippen LogP) is 3.63. The summed E-state index contributed by atoms with van der Waals surface area (Å²) in [5.41, 5.74) is 6.42. The molecule has 0 aliphatic rings. The summed E-state index contributed by atoms with van der Waals surface area (Å²) in [5, 5.41) is 2.77. The van der Waals surface area contributed by atoms with Crippen molar-refractivity contribution in [2.24, 2.45) is 5.73 Å². The molecule has 24 heavy (non-hydrogen) atoms. The number of rotatable bonds is 6. The summed E-state index contributed by atoms with van der Waals surface area (Å²) in [7, 11) is 0. The lowest BCUT2D eigenvalue weighted by Crippen LogP contribution is -2.33. The standard InChI is InChI=1S/C18H20F2N2OS/c1-11(21)8-17(23)22-18(12-4-3-5-14(9-12)24-2)15-10-13(19)6-7-16(15)20/h3-7,9-11,18H,8,21H2,1-2H3,(H,22,23). The van der Waals surface area contributed by atoms with Gasteiger partial charge in [-0.15, -0.1) is 11.8 Å². The number of hydrogen-bond acceptors (Lipinski definition) is 3. The zero-order valence-electron chi connectivity index (χ0n) is 13.6. The fourth-order valence-electron chi connectivity index (χ4n) is 2.41. The van der Waals surface area contributed by atoms with E-state index in [2.05, 4.69) is 5.32 Å². The van der Waals surface area contributed by atoms with Gasteiger partial charge < -0.3 is 11.1 Å². The Labute approximate surface area is 144 Å². The minimum Gasteiger partial charge on any atom is -0.345 e. The number of thioether (sulfide) groups is 1. The number of amides is 1. The largest absolute Gasteiger partial charge is 0.345 e. The van der Waals surface area contributed by atoms with Crippen molar-refractivity contribution in [2.45, 2.75) is 30.3 Å². The van der Waals surface area contributed by atoms with Crippen LogP contribution in [-0.4, -0.2) is 18.2 Å². The van der Waals surface area contributed by atoms with Gasteiger partial charge in [0.25, 0.3) is 0 Å². The molecule has 2 aromatic rings. The minimum atomic E-state index is -0.779. The monoisotopic (exact) mass is 350 g/mol. The molecule has 0 heterocycles. The molecular formula is C18H20F2N2OS. The average Bonchev–Trinajstić information content (AvgIpc) is 2.54. The summed E-state index contributed by atoms with van der Waals surface area (Å²) in [6.07, 6.45) is 2.03. The Morgan fingerprint density at radius 1 is 1.25 bits per heavy atom. The molecule has 3 nitrogen and oxygen atoms in total. The van der Waals surface area contributed by atoms with Crippen molar-refractivity contribution < 1.29 is 13.6 Å². The summed E-state index contributed by atoms with van der Waals surface area (Å²) < 4.78 is 27.9. The van der Waals surface area contributed by atoms with Gasteiger partial charge in [-0.2, -0.15) is 0 Å². The van der Waals surface area contributed by atoms with E-state index in [1.165, 1.54) is 11.8 Å². The van der Waals surface area contributed by atoms with Gasteiger partial charge in [-0.25, -0.2) is 8.78 Å². The van der Waals surface area contributed by atoms with Crippen LogP contribution in [0.5, 0.6) is 0 Å². The third-order valence-corrected chi connectivity index (χ3v) is 4.23. The van der Waals surface area contributed by atoms with Gasteiger partial charge in [0.1, 0.15) is 11.6 Å². The quantitative estimate of drug-likeness (QED) is 0.782. The van der Waals surface area contributed by atoms with Crippen molar-refractivity contribution in [2.75, 3.05) is 6.26 Å². The number of nitrogens with one attached hydrogen (secondary N) is 1. The van der Waals surface area contributed by atoms with E-state index in [0.29, 0.717) is 5.56 Å². The first-order valence-corrected chi connectivity index (χ1v) is 8.77. The first-order chi connectivity index (χ1) is 11.4. The first kappa shape index (κ1) is 18.4. The smallest absolute Gasteiger partial charge is 0.222 e. The van der Waals surface area contributed by atoms with E-state index < -0.39 is 17.7 Å². The van der Waals surface area contributed by atoms with Crippen molar-refractivity contribution in [3.63, 3.8) is 0 Å². The van der Waals surface area contributed by atoms with Crippen molar-refractivity contribution in [1.82, 2.24) is 5.32 Å². The maximum absolute atomic E-state index is 14.3. The Morgan fingerprint density at radius 3 is 2.67 bits per heavy atom. The molecule has 2 aromatic carbocycles. The molecule has 2 rings (SSSR count). The number of hydrogen-bond donors (Lipinski definition) is 2. The normalized spacial score (nSPS) is 13.4. The van der Waals surface area contributed by atoms with E-state index in [-0.39, 0.29) is 23.9 Å². The molecule has 0 saturated heterocycles. The van der Waals surface area contributed by atoms with Crippen LogP contribution in [-0.2, 0) is 4.79 Å². The maximum Gasteiger partial charge on any atom is 0.222 e. The van der Waals surface area contributed by atoms with Crippen molar-refractivity contribution >= 4 is 17.7 Å². The summed E-state index contributed by atoms with van der Waals surface area (Å²) in [4.78, 5) is 13.1. The van der Waals surface area contributed by atoms with E-state index in [4.69, 9.17) is 5.73 Å². The molecule has 0 fully saturated rings. The van der Waals surface area contributed by atoms with Gasteiger partial charge in [-0.3, -0.25) is 4.79 Å². The van der Waals surface area contributed by atoms with Gasteiger partial charge in [0.05, 0.1) is 6.04 Å². The highest BCUT2D eigenvalue weighted by molar-refractivity contribution is 7.98. The number of halogens is 2. The molecule has 0 bridgehead atoms. The molecule has 0 aliphatic carbocycles. The Hall–Kier alpha value is -1.92. The predicted molar refractivity (Wildman–Crippen MR) is 92.8 cm³/mol. The fraction of sp³-hybridized carbons (Fsp3) is 0.278. The lowest BCUT2D eigenvalue weighted by atomic mass is 9.97. The second kappa shape index (κ2) is 8.26. The third-order valence-electron chi connectivity index (χ3n) is 3.51. The number of carbonyl (C=O) groups excluding carboxylic acids is 1. The van der Waals surface area contributed by atoms with Gasteiger partial charge in [-0.05, 0) is 49.1 Å². The highest BCUT2D eigenvalue weighted by Crippen LogP contribution is 2.28. The van der Waals surface area contributed by atoms with Gasteiger partial charge in [0.15, 0.2) is 0 Å². The van der Waals surface area contributed by atoms with Crippen LogP contribution >= 0.6 is 11.8 Å². The maximum atomic E-state index is 14.3. The lowest BCUT2D eigenvalue weighted by Gasteiger charge is -2.21. The van der Waals surface area contributed by atoms with Gasteiger partial charge in [0.2, 0.25) is 5.91 Å². The van der Waals surface area contributed by atoms with Crippen molar-refractivity contribution in [1.29, 1.82) is 0 Å². The van der Waals surface area contributed by atoms with Gasteiger partial charge in [-0.1, -0.05) is 12.1 Å². The van der Waals surface area contributed by atoms with E-state index in [0.717, 1.165) is 23.1 Å². The Bertz CT molecular complexity index is 722. The molecule has 1 amide bonds. The van der Waals surface area contributed by atoms with Crippen LogP contribution in [0.25, 0.3) is 0 Å². The van der Waals surface area contributed by atoms with E-state index in [1.54, 1.807) is 13.0 Å². The molecule has 3 N–H and O–H groups in total. The Balaban J connectivity index is 2.44. The Morgan fingerprint density at radius 2 is 2.00 bits per heavy atom. The van der Waals surface area contributed by atoms with Gasteiger partial charge >= 0.3 is 0 Å². The first-order valence-electron chi connectivity index (χ1n) is 7.54. The Kier molecular flexibility index (Phi) is 6.34. The van der Waals surface area contributed by atoms with Crippen LogP contribution in [0.1, 0.15) is 30.5 Å². The molecule has 0 aliphatic heterocycles. The SMILES string of the molecule is CSc1cccc(C(NC(=O)CC(C)N)c2cc(F)ccc2F)c1. The molecule has 0 saturated carbocycles. The van der Waals surface area contributed by atoms with Crippen LogP contribution in [0.15, 0.2) is 47.4 Å². The molecule has 128 valence electrons. The number of benzene rings is 2. The molecule has 0 radical (unpaired) electrons. The molecule has 2 unspecified atom stereocenters. The topological polar surface area (TPSA) is 55.1 Å². The molecular weight excluding hydrogens is 330 g/mol. The molecule has 6 heteroatoms. The van der Waals surface area contributed by atoms with Crippen molar-refractivity contribution in [3.8, 4) is 0 Å². The fourth-order valence-corrected chi connectivity index (χ4v) is 2.88. The minimum absolute atomic E-state index is 0.0891. The summed E-state index contributed by atoms with van der Waals surface area (Å²) >= 11 is 1.53. The zero-order chi connectivity index (χ0) is 17.7. The van der Waals surface area contributed by atoms with Crippen LogP contribution in [0.2, 0.25) is 0 Å². The highest BCUT2D eigenvalue weighted by Gasteiger charge is 2.21. The highest BCUT2D eigenvalue weighted by atomic mass is 32.2.